The summed E-state index contributed by atoms with van der Waals surface area (Å²) >= 11 is 0. The molecule has 4 aromatic rings. The van der Waals surface area contributed by atoms with Crippen LogP contribution < -0.4 is 0 Å². The highest BCUT2D eigenvalue weighted by molar-refractivity contribution is 6.07. The molecule has 4 heteroatoms. The zero-order chi connectivity index (χ0) is 21.4. The Morgan fingerprint density at radius 3 is 2.61 bits per heavy atom. The minimum atomic E-state index is 0.0470. The van der Waals surface area contributed by atoms with Crippen LogP contribution in [-0.2, 0) is 6.42 Å². The fraction of sp³-hybridized carbons (Fsp3) is 0.222. The van der Waals surface area contributed by atoms with Crippen molar-refractivity contribution in [3.8, 4) is 11.3 Å². The first kappa shape index (κ1) is 19.4. The van der Waals surface area contributed by atoms with Crippen molar-refractivity contribution in [2.45, 2.75) is 26.3 Å². The van der Waals surface area contributed by atoms with Crippen LogP contribution in [0.15, 0.2) is 79.1 Å². The van der Waals surface area contributed by atoms with Crippen molar-refractivity contribution in [2.75, 3.05) is 6.54 Å². The molecule has 0 fully saturated rings. The van der Waals surface area contributed by atoms with Gasteiger partial charge in [0.25, 0.3) is 5.91 Å². The van der Waals surface area contributed by atoms with Gasteiger partial charge in [0, 0.05) is 29.9 Å². The summed E-state index contributed by atoms with van der Waals surface area (Å²) in [6.07, 6.45) is 4.36. The summed E-state index contributed by atoms with van der Waals surface area (Å²) in [6.45, 7) is 5.09. The first-order valence-corrected chi connectivity index (χ1v) is 10.8. The number of benzene rings is 2. The van der Waals surface area contributed by atoms with E-state index in [-0.39, 0.29) is 11.9 Å². The lowest BCUT2D eigenvalue weighted by atomic mass is 9.85. The van der Waals surface area contributed by atoms with Crippen molar-refractivity contribution in [1.82, 2.24) is 14.9 Å². The number of aromatic nitrogens is 2. The summed E-state index contributed by atoms with van der Waals surface area (Å²) < 4.78 is 0. The van der Waals surface area contributed by atoms with E-state index in [2.05, 4.69) is 43.1 Å². The van der Waals surface area contributed by atoms with E-state index in [4.69, 9.17) is 4.98 Å². The van der Waals surface area contributed by atoms with Gasteiger partial charge in [0.15, 0.2) is 0 Å². The average molecular weight is 408 g/mol. The van der Waals surface area contributed by atoms with Crippen LogP contribution in [-0.4, -0.2) is 27.3 Å². The summed E-state index contributed by atoms with van der Waals surface area (Å²) in [4.78, 5) is 25.1. The Hall–Kier alpha value is -3.53. The average Bonchev–Trinajstić information content (AvgIpc) is 2.82. The largest absolute Gasteiger partial charge is 0.331 e. The number of rotatable bonds is 3. The third-order valence-corrected chi connectivity index (χ3v) is 6.13. The van der Waals surface area contributed by atoms with Gasteiger partial charge in [-0.05, 0) is 35.6 Å². The molecular weight excluding hydrogens is 382 g/mol. The molecular formula is C27H25N3O. The molecule has 1 amide bonds. The van der Waals surface area contributed by atoms with Crippen molar-refractivity contribution in [1.29, 1.82) is 0 Å². The lowest BCUT2D eigenvalue weighted by Crippen LogP contribution is -2.42. The standard InChI is InChI=1S/C27H25N3O/c1-18(2)26-21-11-7-6-8-19(21)13-15-30(26)27(31)22-16-25(20-9-4-3-5-10-20)29-24-12-14-28-17-23(22)24/h3-12,14,16-18,26H,13,15H2,1-2H3. The Labute approximate surface area is 182 Å². The molecule has 31 heavy (non-hydrogen) atoms. The Balaban J connectivity index is 1.64. The Morgan fingerprint density at radius 2 is 1.81 bits per heavy atom. The molecule has 0 spiro atoms. The molecule has 154 valence electrons. The number of nitrogens with zero attached hydrogens (tertiary/aromatic N) is 3. The molecule has 1 unspecified atom stereocenters. The van der Waals surface area contributed by atoms with Crippen LogP contribution in [0.1, 0.15) is 41.4 Å². The van der Waals surface area contributed by atoms with Crippen LogP contribution in [0, 0.1) is 5.92 Å². The monoisotopic (exact) mass is 407 g/mol. The maximum absolute atomic E-state index is 14.0. The lowest BCUT2D eigenvalue weighted by Gasteiger charge is -2.40. The highest BCUT2D eigenvalue weighted by Gasteiger charge is 2.34. The Kier molecular flexibility index (Phi) is 4.99. The molecule has 0 N–H and O–H groups in total. The minimum Gasteiger partial charge on any atom is -0.331 e. The number of carbonyl (C=O) groups excluding carboxylic acids is 1. The maximum atomic E-state index is 14.0. The third kappa shape index (κ3) is 3.48. The van der Waals surface area contributed by atoms with Gasteiger partial charge in [-0.15, -0.1) is 0 Å². The van der Waals surface area contributed by atoms with Gasteiger partial charge < -0.3 is 4.90 Å². The number of amides is 1. The van der Waals surface area contributed by atoms with E-state index in [1.165, 1.54) is 11.1 Å². The van der Waals surface area contributed by atoms with Gasteiger partial charge in [-0.1, -0.05) is 68.4 Å². The first-order valence-electron chi connectivity index (χ1n) is 10.8. The van der Waals surface area contributed by atoms with Crippen LogP contribution in [0.2, 0.25) is 0 Å². The predicted octanol–water partition coefficient (Wildman–Crippen LogP) is 5.69. The second-order valence-electron chi connectivity index (χ2n) is 8.45. The molecule has 1 aliphatic rings. The zero-order valence-corrected chi connectivity index (χ0v) is 17.8. The van der Waals surface area contributed by atoms with E-state index in [1.54, 1.807) is 12.4 Å². The quantitative estimate of drug-likeness (QED) is 0.438. The van der Waals surface area contributed by atoms with Gasteiger partial charge in [-0.25, -0.2) is 4.98 Å². The van der Waals surface area contributed by atoms with Gasteiger partial charge in [-0.3, -0.25) is 9.78 Å². The van der Waals surface area contributed by atoms with Gasteiger partial charge in [0.2, 0.25) is 0 Å². The fourth-order valence-corrected chi connectivity index (χ4v) is 4.70. The van der Waals surface area contributed by atoms with Crippen molar-refractivity contribution in [3.05, 3.63) is 95.8 Å². The van der Waals surface area contributed by atoms with Crippen molar-refractivity contribution >= 4 is 16.8 Å². The van der Waals surface area contributed by atoms with Crippen LogP contribution in [0.3, 0.4) is 0 Å². The molecule has 4 nitrogen and oxygen atoms in total. The Morgan fingerprint density at radius 1 is 1.03 bits per heavy atom. The number of fused-ring (bicyclic) bond motifs is 2. The normalized spacial score (nSPS) is 15.8. The molecule has 0 aliphatic carbocycles. The highest BCUT2D eigenvalue weighted by atomic mass is 16.2. The highest BCUT2D eigenvalue weighted by Crippen LogP contribution is 2.37. The third-order valence-electron chi connectivity index (χ3n) is 6.13. The molecule has 2 aromatic heterocycles. The van der Waals surface area contributed by atoms with E-state index >= 15 is 0 Å². The summed E-state index contributed by atoms with van der Waals surface area (Å²) in [5.74, 6) is 0.357. The van der Waals surface area contributed by atoms with Crippen LogP contribution in [0.4, 0.5) is 0 Å². The van der Waals surface area contributed by atoms with E-state index in [0.717, 1.165) is 28.6 Å². The minimum absolute atomic E-state index is 0.0470. The van der Waals surface area contributed by atoms with Crippen molar-refractivity contribution in [2.24, 2.45) is 5.92 Å². The molecule has 2 aromatic carbocycles. The van der Waals surface area contributed by atoms with E-state index < -0.39 is 0 Å². The molecule has 1 atom stereocenters. The second-order valence-corrected chi connectivity index (χ2v) is 8.45. The van der Waals surface area contributed by atoms with E-state index in [1.807, 2.05) is 47.4 Å². The summed E-state index contributed by atoms with van der Waals surface area (Å²) in [5, 5.41) is 0.800. The summed E-state index contributed by atoms with van der Waals surface area (Å²) in [6, 6.07) is 22.4. The summed E-state index contributed by atoms with van der Waals surface area (Å²) in [7, 11) is 0. The van der Waals surface area contributed by atoms with Gasteiger partial charge in [0.05, 0.1) is 22.8 Å². The van der Waals surface area contributed by atoms with Gasteiger partial charge in [-0.2, -0.15) is 0 Å². The number of hydrogen-bond acceptors (Lipinski definition) is 3. The Bertz CT molecular complexity index is 1250. The van der Waals surface area contributed by atoms with E-state index in [9.17, 15) is 4.79 Å². The van der Waals surface area contributed by atoms with Crippen molar-refractivity contribution in [3.63, 3.8) is 0 Å². The molecule has 0 saturated carbocycles. The SMILES string of the molecule is CC(C)C1c2ccccc2CCN1C(=O)c1cc(-c2ccccc2)nc2ccncc12. The van der Waals surface area contributed by atoms with E-state index in [0.29, 0.717) is 18.0 Å². The van der Waals surface area contributed by atoms with Crippen LogP contribution in [0.25, 0.3) is 22.2 Å². The molecule has 5 rings (SSSR count). The molecule has 3 heterocycles. The van der Waals surface area contributed by atoms with Crippen LogP contribution in [0.5, 0.6) is 0 Å². The molecule has 1 aliphatic heterocycles. The maximum Gasteiger partial charge on any atom is 0.255 e. The number of carbonyl (C=O) groups is 1. The predicted molar refractivity (Wildman–Crippen MR) is 124 cm³/mol. The topological polar surface area (TPSA) is 46.1 Å². The van der Waals surface area contributed by atoms with Crippen molar-refractivity contribution < 1.29 is 4.79 Å². The molecule has 0 saturated heterocycles. The first-order chi connectivity index (χ1) is 15.1. The summed E-state index contributed by atoms with van der Waals surface area (Å²) in [5.41, 5.74) is 5.87. The zero-order valence-electron chi connectivity index (χ0n) is 17.8. The second kappa shape index (κ2) is 7.95. The number of hydrogen-bond donors (Lipinski definition) is 0. The molecule has 0 bridgehead atoms. The number of pyridine rings is 2. The molecule has 0 radical (unpaired) electrons. The fourth-order valence-electron chi connectivity index (χ4n) is 4.70. The van der Waals surface area contributed by atoms with Gasteiger partial charge >= 0.3 is 0 Å². The van der Waals surface area contributed by atoms with Gasteiger partial charge in [0.1, 0.15) is 0 Å². The smallest absolute Gasteiger partial charge is 0.255 e. The van der Waals surface area contributed by atoms with Crippen LogP contribution >= 0.6 is 0 Å². The lowest BCUT2D eigenvalue weighted by molar-refractivity contribution is 0.0605.